The number of esters is 3. The largest absolute Gasteiger partial charge is 0.497 e. The number of hydrogen-bond acceptors (Lipinski definition) is 16. The average Bonchev–Trinajstić information content (AvgIpc) is 3.55. The number of carbonyl (C=O) groups is 7. The van der Waals surface area contributed by atoms with Crippen LogP contribution in [-0.2, 0) is 33.3 Å². The van der Waals surface area contributed by atoms with E-state index in [1.54, 1.807) is 78.2 Å². The van der Waals surface area contributed by atoms with Crippen molar-refractivity contribution >= 4 is 71.5 Å². The molecule has 0 spiro atoms. The van der Waals surface area contributed by atoms with Crippen molar-refractivity contribution in [2.75, 3.05) is 60.9 Å². The number of methoxy groups -OCH3 is 7. The third kappa shape index (κ3) is 17.4. The summed E-state index contributed by atoms with van der Waals surface area (Å²) >= 11 is 1.37. The van der Waals surface area contributed by atoms with Gasteiger partial charge in [0.25, 0.3) is 11.8 Å². The lowest BCUT2D eigenvalue weighted by Gasteiger charge is -2.46. The Bertz CT molecular complexity index is 2900. The number of carbonyl (C=O) groups excluding carboxylic acids is 6. The van der Waals surface area contributed by atoms with Crippen molar-refractivity contribution < 1.29 is 71.8 Å². The molecule has 0 radical (unpaired) electrons. The molecule has 0 bridgehead atoms. The molecule has 2 fully saturated rings. The molecule has 18 nitrogen and oxygen atoms in total. The van der Waals surface area contributed by atoms with Crippen molar-refractivity contribution in [3.63, 3.8) is 0 Å². The monoisotopic (exact) mass is 1100 g/mol. The number of amides is 2. The van der Waals surface area contributed by atoms with Crippen LogP contribution in [0.4, 0.5) is 11.4 Å². The number of hydrogen-bond donors (Lipinski definition) is 1. The molecule has 2 saturated heterocycles. The highest BCUT2D eigenvalue weighted by atomic mass is 32.2. The number of nitrogens with zero attached hydrogens (tertiary/aromatic N) is 3. The van der Waals surface area contributed by atoms with Gasteiger partial charge in [0.2, 0.25) is 0 Å². The smallest absolute Gasteiger partial charge is 0.337 e. The predicted molar refractivity (Wildman–Crippen MR) is 303 cm³/mol. The Morgan fingerprint density at radius 1 is 0.506 bits per heavy atom. The highest BCUT2D eigenvalue weighted by molar-refractivity contribution is 7.96. The zero-order valence-electron chi connectivity index (χ0n) is 46.2. The second kappa shape index (κ2) is 33.5. The van der Waals surface area contributed by atoms with Crippen LogP contribution in [0.3, 0.4) is 0 Å². The summed E-state index contributed by atoms with van der Waals surface area (Å²) in [4.78, 5) is 84.9. The fourth-order valence-electron chi connectivity index (χ4n) is 7.44. The van der Waals surface area contributed by atoms with Crippen molar-refractivity contribution in [1.29, 1.82) is 0 Å². The van der Waals surface area contributed by atoms with Gasteiger partial charge in [-0.1, -0.05) is 88.2 Å². The number of anilines is 1. The molecular formula is C60H67N3O15S. The first-order valence-corrected chi connectivity index (χ1v) is 25.8. The molecule has 79 heavy (non-hydrogen) atoms. The van der Waals surface area contributed by atoms with Crippen LogP contribution in [-0.4, -0.2) is 126 Å². The molecule has 0 unspecified atom stereocenters. The van der Waals surface area contributed by atoms with Gasteiger partial charge in [-0.25, -0.2) is 19.2 Å². The fourth-order valence-corrected chi connectivity index (χ4v) is 8.18. The molecule has 1 N–H and O–H groups in total. The first-order valence-electron chi connectivity index (χ1n) is 24.6. The van der Waals surface area contributed by atoms with E-state index in [0.29, 0.717) is 28.5 Å². The van der Waals surface area contributed by atoms with E-state index in [1.807, 2.05) is 107 Å². The van der Waals surface area contributed by atoms with Crippen LogP contribution >= 0.6 is 11.9 Å². The molecule has 0 aliphatic carbocycles. The van der Waals surface area contributed by atoms with Crippen LogP contribution in [0.1, 0.15) is 108 Å². The zero-order valence-corrected chi connectivity index (χ0v) is 47.0. The molecule has 19 heteroatoms. The van der Waals surface area contributed by atoms with E-state index in [-0.39, 0.29) is 41.4 Å². The van der Waals surface area contributed by atoms with E-state index >= 15 is 0 Å². The van der Waals surface area contributed by atoms with E-state index in [0.717, 1.165) is 39.6 Å². The van der Waals surface area contributed by atoms with Gasteiger partial charge in [0, 0.05) is 37.9 Å². The van der Waals surface area contributed by atoms with Gasteiger partial charge in [0.1, 0.15) is 23.8 Å². The fraction of sp³-hybridized carbons (Fsp3) is 0.267. The Kier molecular flexibility index (Phi) is 27.4. The number of carboxylic acids is 1. The first-order chi connectivity index (χ1) is 38.2. The maximum atomic E-state index is 12.4. The molecule has 2 heterocycles. The van der Waals surface area contributed by atoms with Gasteiger partial charge in [-0.15, -0.1) is 0 Å². The van der Waals surface area contributed by atoms with Crippen molar-refractivity contribution in [2.24, 2.45) is 4.99 Å². The molecule has 6 aromatic rings. The van der Waals surface area contributed by atoms with Gasteiger partial charge < -0.3 is 38.3 Å². The van der Waals surface area contributed by atoms with Crippen molar-refractivity contribution in [3.05, 3.63) is 190 Å². The summed E-state index contributed by atoms with van der Waals surface area (Å²) in [7, 11) is 10.3. The SMILES string of the molecule is CC.CC.COC(=O)c1ccc(C=Nc2ccc(OC)cc2)cc1.COC(=O)c1ccc([C@H]2[C@@H](OC)C(=O)N2SC)cc1.COC(=O)c1ccc([C@H]2[C@@H](OC)C(=O)N2c2ccc(OC)cc2)cc1.O=Cc1ccc(C(=O)O)cc1. The van der Waals surface area contributed by atoms with Gasteiger partial charge in [0.05, 0.1) is 69.5 Å². The van der Waals surface area contributed by atoms with Crippen molar-refractivity contribution in [3.8, 4) is 11.5 Å². The Balaban J connectivity index is 0.000000279. The minimum atomic E-state index is -0.984. The Morgan fingerprint density at radius 3 is 1.27 bits per heavy atom. The summed E-state index contributed by atoms with van der Waals surface area (Å²) in [5.74, 6) is -0.712. The molecule has 0 aromatic heterocycles. The van der Waals surface area contributed by atoms with E-state index in [9.17, 15) is 33.6 Å². The average molecular weight is 1100 g/mol. The van der Waals surface area contributed by atoms with Crippen LogP contribution in [0.25, 0.3) is 0 Å². The minimum Gasteiger partial charge on any atom is -0.497 e. The zero-order chi connectivity index (χ0) is 58.6. The second-order valence-corrected chi connectivity index (χ2v) is 16.6. The topological polar surface area (TPSA) is 223 Å². The van der Waals surface area contributed by atoms with Crippen molar-refractivity contribution in [2.45, 2.75) is 52.0 Å². The highest BCUT2D eigenvalue weighted by Crippen LogP contribution is 2.42. The number of rotatable bonds is 15. The normalized spacial score (nSPS) is 15.5. The molecular weight excluding hydrogens is 1030 g/mol. The summed E-state index contributed by atoms with van der Waals surface area (Å²) < 4.78 is 36.5. The van der Waals surface area contributed by atoms with Gasteiger partial charge in [-0.2, -0.15) is 0 Å². The summed E-state index contributed by atoms with van der Waals surface area (Å²) in [5, 5.41) is 8.46. The number of aromatic carboxylic acids is 1. The number of aldehydes is 1. The first kappa shape index (κ1) is 64.6. The molecule has 8 rings (SSSR count). The maximum Gasteiger partial charge on any atom is 0.337 e. The third-order valence-corrected chi connectivity index (χ3v) is 12.3. The summed E-state index contributed by atoms with van der Waals surface area (Å²) in [6.45, 7) is 8.00. The van der Waals surface area contributed by atoms with E-state index < -0.39 is 24.1 Å². The Labute approximate surface area is 465 Å². The molecule has 2 aliphatic heterocycles. The standard InChI is InChI=1S/C19H19NO5.C16H15NO3.C13H15NO4S.C8H6O3.2C2H6/c1-23-15-10-8-14(9-11-15)20-16(17(24-2)18(20)21)12-4-6-13(7-5-12)19(22)25-3;1-19-15-9-7-14(8-10-15)17-11-12-3-5-13(6-4-12)16(18)20-2;1-17-11-10(14(19-3)12(11)15)8-4-6-9(7-5-8)13(16)18-2;9-5-6-1-3-7(4-2-6)8(10)11;2*1-2/h4-11,16-17H,1-3H3;3-11H,1-2H3;4-7,10-11H,1-3H3;1-5H,(H,10,11);2*1-2H3/t16-,17+;;10-,11+;;;/m0.0.../s1. The quantitative estimate of drug-likeness (QED) is 0.0252. The van der Waals surface area contributed by atoms with Crippen LogP contribution in [0.15, 0.2) is 151 Å². The molecule has 2 amide bonds. The summed E-state index contributed by atoms with van der Waals surface area (Å²) in [5.41, 5.74) is 6.48. The summed E-state index contributed by atoms with van der Waals surface area (Å²) in [6, 6.07) is 41.2. The number of benzene rings is 6. The van der Waals surface area contributed by atoms with Gasteiger partial charge in [0.15, 0.2) is 12.2 Å². The Morgan fingerprint density at radius 2 is 0.886 bits per heavy atom. The lowest BCUT2D eigenvalue weighted by atomic mass is 9.89. The number of ether oxygens (including phenoxy) is 7. The van der Waals surface area contributed by atoms with Gasteiger partial charge >= 0.3 is 23.9 Å². The molecule has 0 saturated carbocycles. The number of aliphatic imine (C=N–C) groups is 1. The van der Waals surface area contributed by atoms with Gasteiger partial charge in [-0.3, -0.25) is 28.6 Å². The molecule has 418 valence electrons. The maximum absolute atomic E-state index is 12.4. The second-order valence-electron chi connectivity index (χ2n) is 15.8. The van der Waals surface area contributed by atoms with Crippen LogP contribution in [0.5, 0.6) is 11.5 Å². The number of carboxylic acid groups (broad SMARTS) is 1. The van der Waals surface area contributed by atoms with Crippen LogP contribution < -0.4 is 14.4 Å². The van der Waals surface area contributed by atoms with Gasteiger partial charge in [-0.05, 0) is 114 Å². The van der Waals surface area contributed by atoms with Crippen LogP contribution in [0, 0.1) is 0 Å². The van der Waals surface area contributed by atoms with E-state index in [1.165, 1.54) is 71.8 Å². The molecule has 2 aliphatic rings. The Hall–Kier alpha value is -8.65. The van der Waals surface area contributed by atoms with E-state index in [4.69, 9.17) is 28.8 Å². The highest BCUT2D eigenvalue weighted by Gasteiger charge is 2.50. The summed E-state index contributed by atoms with van der Waals surface area (Å²) in [6.07, 6.45) is 3.26. The lowest BCUT2D eigenvalue weighted by molar-refractivity contribution is -0.158. The third-order valence-electron chi connectivity index (χ3n) is 11.5. The predicted octanol–water partition coefficient (Wildman–Crippen LogP) is 10.7. The molecule has 4 atom stereocenters. The lowest BCUT2D eigenvalue weighted by Crippen LogP contribution is -2.60. The van der Waals surface area contributed by atoms with Crippen LogP contribution in [0.2, 0.25) is 0 Å². The number of β-lactam (4-membered cyclic amide) rings is 2. The van der Waals surface area contributed by atoms with E-state index in [2.05, 4.69) is 14.5 Å². The molecule has 6 aromatic carbocycles. The van der Waals surface area contributed by atoms with Crippen molar-refractivity contribution in [1.82, 2.24) is 4.31 Å². The minimum absolute atomic E-state index is 0.0305.